The zero-order valence-electron chi connectivity index (χ0n) is 22.7. The molecule has 41 heavy (non-hydrogen) atoms. The Labute approximate surface area is 235 Å². The van der Waals surface area contributed by atoms with Crippen LogP contribution in [0.3, 0.4) is 0 Å². The number of aryl methyl sites for hydroxylation is 1. The molecule has 11 heteroatoms. The van der Waals surface area contributed by atoms with Crippen molar-refractivity contribution in [2.75, 3.05) is 6.54 Å². The molecular weight excluding hydrogens is 542 g/mol. The zero-order chi connectivity index (χ0) is 30.2. The van der Waals surface area contributed by atoms with Gasteiger partial charge in [0.2, 0.25) is 0 Å². The van der Waals surface area contributed by atoms with Gasteiger partial charge in [-0.3, -0.25) is 5.41 Å². The second-order valence-electron chi connectivity index (χ2n) is 9.96. The van der Waals surface area contributed by atoms with Crippen LogP contribution >= 0.6 is 0 Å². The van der Waals surface area contributed by atoms with Crippen molar-refractivity contribution in [2.45, 2.75) is 51.3 Å². The number of alkyl halides is 3. The molecule has 0 aliphatic rings. The average Bonchev–Trinajstić information content (AvgIpc) is 2.90. The summed E-state index contributed by atoms with van der Waals surface area (Å²) in [6.45, 7) is 2.91. The normalized spacial score (nSPS) is 11.7. The van der Waals surface area contributed by atoms with Gasteiger partial charge in [-0.1, -0.05) is 30.3 Å². The first kappa shape index (κ1) is 31.3. The van der Waals surface area contributed by atoms with Crippen LogP contribution in [0.25, 0.3) is 0 Å². The molecule has 4 N–H and O–H groups in total. The number of ether oxygens (including phenoxy) is 1. The summed E-state index contributed by atoms with van der Waals surface area (Å²) in [4.78, 5) is 25.6. The number of carbonyl (C=O) groups excluding carboxylic acids is 1. The summed E-state index contributed by atoms with van der Waals surface area (Å²) < 4.78 is 58.4. The van der Waals surface area contributed by atoms with E-state index in [4.69, 9.17) is 10.1 Å². The second kappa shape index (κ2) is 13.4. The molecule has 3 aromatic rings. The highest BCUT2D eigenvalue weighted by molar-refractivity contribution is 5.92. The van der Waals surface area contributed by atoms with Gasteiger partial charge in [-0.15, -0.1) is 0 Å². The Balaban J connectivity index is 1.64. The minimum absolute atomic E-state index is 0.00216. The number of primary amides is 1. The molecule has 0 atom stereocenters. The number of carbonyl (C=O) groups is 2. The highest BCUT2D eigenvalue weighted by Crippen LogP contribution is 2.29. The van der Waals surface area contributed by atoms with E-state index in [0.717, 1.165) is 23.0 Å². The number of nitrogens with two attached hydrogens (primary N) is 1. The predicted octanol–water partition coefficient (Wildman–Crippen LogP) is 5.95. The standard InChI is InChI=1S/C30H31F4N3O4/c1-29(2,27(38)39)41-24-16-10-20(11-17-24)6-5-9-26(35)37(19-18-21-7-3-4-8-25(21)31)28(40)36-23-14-12-22(13-15-23)30(32,33)34/h3-4,7-8,10-17,35H,5-6,9,18-19H2,1-2H3,(H,36,40)(H,38,39)/p+1. The van der Waals surface area contributed by atoms with E-state index < -0.39 is 35.2 Å². The molecule has 3 aromatic carbocycles. The summed E-state index contributed by atoms with van der Waals surface area (Å²) >= 11 is 0. The molecule has 0 saturated carbocycles. The Morgan fingerprint density at radius 2 is 1.59 bits per heavy atom. The third-order valence-electron chi connectivity index (χ3n) is 6.37. The van der Waals surface area contributed by atoms with Crippen LogP contribution in [-0.2, 0) is 23.8 Å². The van der Waals surface area contributed by atoms with Gasteiger partial charge in [0.05, 0.1) is 5.56 Å². The topological polar surface area (TPSA) is 107 Å². The maximum atomic E-state index is 14.2. The first-order chi connectivity index (χ1) is 19.3. The molecule has 0 spiro atoms. The molecule has 2 amide bonds. The number of urea groups is 1. The number of nitrogens with one attached hydrogen (secondary N) is 1. The number of quaternary nitrogens is 1. The molecule has 0 bridgehead atoms. The quantitative estimate of drug-likeness (QED) is 0.114. The molecule has 0 unspecified atom stereocenters. The van der Waals surface area contributed by atoms with Gasteiger partial charge in [-0.05, 0) is 74.6 Å². The first-order valence-corrected chi connectivity index (χ1v) is 12.9. The van der Waals surface area contributed by atoms with E-state index in [1.165, 1.54) is 36.9 Å². The van der Waals surface area contributed by atoms with E-state index in [1.54, 1.807) is 42.5 Å². The second-order valence-corrected chi connectivity index (χ2v) is 9.96. The average molecular weight is 575 g/mol. The van der Waals surface area contributed by atoms with Gasteiger partial charge in [-0.25, -0.2) is 24.2 Å². The number of amides is 2. The third kappa shape index (κ3) is 9.14. The number of aliphatic carboxylic acids is 1. The van der Waals surface area contributed by atoms with E-state index in [1.807, 2.05) is 0 Å². The monoisotopic (exact) mass is 574 g/mol. The maximum Gasteiger partial charge on any atom is 0.426 e. The molecule has 0 fully saturated rings. The number of rotatable bonds is 11. The fraction of sp³-hybridized carbons (Fsp3) is 0.300. The Hall–Kier alpha value is -4.25. The highest BCUT2D eigenvalue weighted by Gasteiger charge is 2.31. The SMILES string of the molecule is CC(C)(Oc1ccc(CCCC(=N)N(CCc2ccccc2F)C(=O)[NH2+]c2ccc(C(F)(F)F)cc2)cc1)C(=O)O. The van der Waals surface area contributed by atoms with E-state index in [0.29, 0.717) is 24.2 Å². The summed E-state index contributed by atoms with van der Waals surface area (Å²) in [5.41, 5.74) is -0.677. The van der Waals surface area contributed by atoms with Crippen molar-refractivity contribution in [3.8, 4) is 5.75 Å². The van der Waals surface area contributed by atoms with Crippen LogP contribution in [0.15, 0.2) is 72.8 Å². The first-order valence-electron chi connectivity index (χ1n) is 12.9. The third-order valence-corrected chi connectivity index (χ3v) is 6.37. The van der Waals surface area contributed by atoms with Crippen molar-refractivity contribution in [1.29, 1.82) is 5.41 Å². The van der Waals surface area contributed by atoms with Crippen molar-refractivity contribution in [3.63, 3.8) is 0 Å². The van der Waals surface area contributed by atoms with Gasteiger partial charge in [0.1, 0.15) is 23.1 Å². The Morgan fingerprint density at radius 1 is 0.951 bits per heavy atom. The number of halogens is 4. The Bertz CT molecular complexity index is 1360. The number of benzene rings is 3. The van der Waals surface area contributed by atoms with Crippen molar-refractivity contribution in [1.82, 2.24) is 4.90 Å². The Kier molecular flexibility index (Phi) is 10.2. The van der Waals surface area contributed by atoms with Gasteiger partial charge >= 0.3 is 18.2 Å². The fourth-order valence-electron chi connectivity index (χ4n) is 3.96. The van der Waals surface area contributed by atoms with Crippen LogP contribution in [-0.4, -0.2) is 40.0 Å². The number of carboxylic acids is 1. The largest absolute Gasteiger partial charge is 0.478 e. The number of hydrogen-bond donors (Lipinski definition) is 3. The molecule has 0 radical (unpaired) electrons. The van der Waals surface area contributed by atoms with Gasteiger partial charge in [0.15, 0.2) is 5.60 Å². The molecule has 0 aliphatic carbocycles. The fourth-order valence-corrected chi connectivity index (χ4v) is 3.96. The van der Waals surface area contributed by atoms with E-state index in [-0.39, 0.29) is 30.9 Å². The lowest BCUT2D eigenvalue weighted by atomic mass is 10.1. The van der Waals surface area contributed by atoms with Gasteiger partial charge in [-0.2, -0.15) is 13.2 Å². The molecule has 0 aliphatic heterocycles. The van der Waals surface area contributed by atoms with Crippen molar-refractivity contribution in [2.24, 2.45) is 0 Å². The van der Waals surface area contributed by atoms with Crippen LogP contribution < -0.4 is 10.1 Å². The molecule has 3 rings (SSSR count). The minimum atomic E-state index is -4.50. The molecule has 0 heterocycles. The number of nitrogens with zero attached hydrogens (tertiary/aromatic N) is 1. The number of hydrogen-bond acceptors (Lipinski definition) is 4. The summed E-state index contributed by atoms with van der Waals surface area (Å²) in [6, 6.07) is 16.6. The summed E-state index contributed by atoms with van der Waals surface area (Å²) in [6.07, 6.45) is -3.07. The maximum absolute atomic E-state index is 14.2. The molecule has 0 saturated heterocycles. The van der Waals surface area contributed by atoms with Crippen LogP contribution in [0, 0.1) is 11.2 Å². The lowest BCUT2D eigenvalue weighted by Crippen LogP contribution is -2.86. The summed E-state index contributed by atoms with van der Waals surface area (Å²) in [5, 5.41) is 19.0. The van der Waals surface area contributed by atoms with Crippen molar-refractivity contribution >= 4 is 23.5 Å². The van der Waals surface area contributed by atoms with Crippen LogP contribution in [0.2, 0.25) is 0 Å². The molecule has 0 aromatic heterocycles. The molecular formula is C30H32F4N3O4+. The highest BCUT2D eigenvalue weighted by atomic mass is 19.4. The van der Waals surface area contributed by atoms with Crippen molar-refractivity contribution < 1.29 is 42.3 Å². The predicted molar refractivity (Wildman–Crippen MR) is 145 cm³/mol. The van der Waals surface area contributed by atoms with Crippen LogP contribution in [0.4, 0.5) is 28.0 Å². The minimum Gasteiger partial charge on any atom is -0.478 e. The smallest absolute Gasteiger partial charge is 0.426 e. The lowest BCUT2D eigenvalue weighted by Gasteiger charge is -2.22. The summed E-state index contributed by atoms with van der Waals surface area (Å²) in [5.74, 6) is -1.13. The van der Waals surface area contributed by atoms with Crippen LogP contribution in [0.5, 0.6) is 5.75 Å². The number of carboxylic acid groups (broad SMARTS) is 1. The van der Waals surface area contributed by atoms with E-state index in [2.05, 4.69) is 0 Å². The van der Waals surface area contributed by atoms with Crippen molar-refractivity contribution in [3.05, 3.63) is 95.3 Å². The molecule has 218 valence electrons. The molecule has 7 nitrogen and oxygen atoms in total. The zero-order valence-corrected chi connectivity index (χ0v) is 22.7. The van der Waals surface area contributed by atoms with E-state index >= 15 is 0 Å². The van der Waals surface area contributed by atoms with Gasteiger partial charge in [0, 0.05) is 25.1 Å². The lowest BCUT2D eigenvalue weighted by molar-refractivity contribution is -0.470. The summed E-state index contributed by atoms with van der Waals surface area (Å²) in [7, 11) is 0. The van der Waals surface area contributed by atoms with E-state index in [9.17, 15) is 32.3 Å². The van der Waals surface area contributed by atoms with Crippen LogP contribution in [0.1, 0.15) is 43.4 Å². The Morgan fingerprint density at radius 3 is 2.17 bits per heavy atom. The van der Waals surface area contributed by atoms with Gasteiger partial charge in [0.25, 0.3) is 0 Å². The number of amidine groups is 1. The van der Waals surface area contributed by atoms with Gasteiger partial charge < -0.3 is 9.84 Å².